The molecular formula is C11H13FO3. The number of hydrogen-bond acceptors (Lipinski definition) is 2. The minimum absolute atomic E-state index is 0.0572. The molecule has 0 unspecified atom stereocenters. The number of carbonyl (C=O) groups is 1. The molecule has 0 aliphatic heterocycles. The summed E-state index contributed by atoms with van der Waals surface area (Å²) < 4.78 is 17.9. The molecule has 0 saturated carbocycles. The third kappa shape index (κ3) is 2.09. The summed E-state index contributed by atoms with van der Waals surface area (Å²) in [5.41, 5.74) is -0.547. The molecule has 1 N–H and O–H groups in total. The van der Waals surface area contributed by atoms with Crippen molar-refractivity contribution in [1.82, 2.24) is 0 Å². The fourth-order valence-electron chi connectivity index (χ4n) is 1.17. The van der Waals surface area contributed by atoms with E-state index in [2.05, 4.69) is 0 Å². The van der Waals surface area contributed by atoms with Crippen LogP contribution in [-0.2, 0) is 10.2 Å². The van der Waals surface area contributed by atoms with E-state index in [4.69, 9.17) is 9.84 Å². The van der Waals surface area contributed by atoms with Gasteiger partial charge in [0.15, 0.2) is 11.6 Å². The Labute approximate surface area is 87.5 Å². The maximum atomic E-state index is 13.1. The van der Waals surface area contributed by atoms with Crippen molar-refractivity contribution in [2.24, 2.45) is 0 Å². The summed E-state index contributed by atoms with van der Waals surface area (Å²) in [6.45, 7) is 3.12. The molecule has 15 heavy (non-hydrogen) atoms. The van der Waals surface area contributed by atoms with Crippen molar-refractivity contribution in [2.45, 2.75) is 19.3 Å². The van der Waals surface area contributed by atoms with Gasteiger partial charge in [-0.25, -0.2) is 4.39 Å². The van der Waals surface area contributed by atoms with E-state index in [1.807, 2.05) is 0 Å². The monoisotopic (exact) mass is 212 g/mol. The van der Waals surface area contributed by atoms with Crippen molar-refractivity contribution in [2.75, 3.05) is 7.11 Å². The zero-order valence-electron chi connectivity index (χ0n) is 8.87. The van der Waals surface area contributed by atoms with Gasteiger partial charge in [0.25, 0.3) is 0 Å². The first kappa shape index (κ1) is 11.5. The molecule has 3 nitrogen and oxygen atoms in total. The van der Waals surface area contributed by atoms with Gasteiger partial charge >= 0.3 is 5.97 Å². The van der Waals surface area contributed by atoms with Crippen molar-refractivity contribution >= 4 is 5.97 Å². The second-order valence-corrected chi connectivity index (χ2v) is 3.78. The molecule has 0 aromatic heterocycles. The maximum Gasteiger partial charge on any atom is 0.313 e. The van der Waals surface area contributed by atoms with Gasteiger partial charge < -0.3 is 9.84 Å². The number of halogens is 1. The number of aliphatic carboxylic acids is 1. The summed E-state index contributed by atoms with van der Waals surface area (Å²) in [4.78, 5) is 11.0. The van der Waals surface area contributed by atoms with Crippen LogP contribution in [0.25, 0.3) is 0 Å². The molecule has 0 heterocycles. The first-order chi connectivity index (χ1) is 6.89. The highest BCUT2D eigenvalue weighted by Crippen LogP contribution is 2.28. The highest BCUT2D eigenvalue weighted by Gasteiger charge is 2.30. The molecule has 1 rings (SSSR count). The number of ether oxygens (including phenoxy) is 1. The lowest BCUT2D eigenvalue weighted by Crippen LogP contribution is -2.28. The molecule has 0 fully saturated rings. The smallest absolute Gasteiger partial charge is 0.313 e. The average molecular weight is 212 g/mol. The Kier molecular flexibility index (Phi) is 2.98. The first-order valence-corrected chi connectivity index (χ1v) is 4.47. The SMILES string of the molecule is COc1cc(C(C)(C)C(=O)O)ccc1F. The first-order valence-electron chi connectivity index (χ1n) is 4.47. The van der Waals surface area contributed by atoms with E-state index in [0.717, 1.165) is 0 Å². The topological polar surface area (TPSA) is 46.5 Å². The van der Waals surface area contributed by atoms with Crippen LogP contribution in [-0.4, -0.2) is 18.2 Å². The normalized spacial score (nSPS) is 11.2. The molecule has 0 atom stereocenters. The largest absolute Gasteiger partial charge is 0.494 e. The van der Waals surface area contributed by atoms with Gasteiger partial charge in [0, 0.05) is 0 Å². The standard InChI is InChI=1S/C11H13FO3/c1-11(2,10(13)14)7-4-5-8(12)9(6-7)15-3/h4-6H,1-3H3,(H,13,14). The van der Waals surface area contributed by atoms with Crippen LogP contribution in [0.5, 0.6) is 5.75 Å². The van der Waals surface area contributed by atoms with Crippen LogP contribution in [0, 0.1) is 5.82 Å². The molecule has 0 bridgehead atoms. The number of hydrogen-bond donors (Lipinski definition) is 1. The van der Waals surface area contributed by atoms with Gasteiger partial charge in [0.1, 0.15) is 0 Å². The van der Waals surface area contributed by atoms with Crippen LogP contribution in [0.4, 0.5) is 4.39 Å². The van der Waals surface area contributed by atoms with Gasteiger partial charge in [-0.05, 0) is 31.5 Å². The van der Waals surface area contributed by atoms with Crippen LogP contribution < -0.4 is 4.74 Å². The Morgan fingerprint density at radius 2 is 2.07 bits per heavy atom. The molecule has 82 valence electrons. The van der Waals surface area contributed by atoms with Gasteiger partial charge in [0.2, 0.25) is 0 Å². The zero-order chi connectivity index (χ0) is 11.6. The Hall–Kier alpha value is -1.58. The van der Waals surface area contributed by atoms with E-state index in [9.17, 15) is 9.18 Å². The summed E-state index contributed by atoms with van der Waals surface area (Å²) in [7, 11) is 1.34. The Bertz CT molecular complexity index is 385. The van der Waals surface area contributed by atoms with Crippen LogP contribution in [0.3, 0.4) is 0 Å². The minimum Gasteiger partial charge on any atom is -0.494 e. The van der Waals surface area contributed by atoms with Gasteiger partial charge in [0.05, 0.1) is 12.5 Å². The van der Waals surface area contributed by atoms with E-state index in [1.54, 1.807) is 13.8 Å². The van der Waals surface area contributed by atoms with Crippen LogP contribution in [0.1, 0.15) is 19.4 Å². The van der Waals surface area contributed by atoms with Gasteiger partial charge in [-0.3, -0.25) is 4.79 Å². The van der Waals surface area contributed by atoms with Gasteiger partial charge in [-0.2, -0.15) is 0 Å². The number of carboxylic acids is 1. The second-order valence-electron chi connectivity index (χ2n) is 3.78. The van der Waals surface area contributed by atoms with Gasteiger partial charge in [-0.15, -0.1) is 0 Å². The Morgan fingerprint density at radius 3 is 2.53 bits per heavy atom. The van der Waals surface area contributed by atoms with E-state index in [1.165, 1.54) is 25.3 Å². The lowest BCUT2D eigenvalue weighted by molar-refractivity contribution is -0.142. The van der Waals surface area contributed by atoms with Crippen LogP contribution in [0.2, 0.25) is 0 Å². The number of rotatable bonds is 3. The van der Waals surface area contributed by atoms with Crippen LogP contribution >= 0.6 is 0 Å². The third-order valence-corrected chi connectivity index (χ3v) is 2.41. The van der Waals surface area contributed by atoms with Crippen molar-refractivity contribution in [3.63, 3.8) is 0 Å². The average Bonchev–Trinajstić information content (AvgIpc) is 2.18. The van der Waals surface area contributed by atoms with E-state index in [0.29, 0.717) is 5.56 Å². The third-order valence-electron chi connectivity index (χ3n) is 2.41. The highest BCUT2D eigenvalue weighted by molar-refractivity contribution is 5.80. The molecule has 0 aliphatic rings. The molecular weight excluding hydrogens is 199 g/mol. The predicted molar refractivity (Wildman–Crippen MR) is 53.6 cm³/mol. The number of methoxy groups -OCH3 is 1. The molecule has 0 amide bonds. The zero-order valence-corrected chi connectivity index (χ0v) is 8.87. The summed E-state index contributed by atoms with van der Waals surface area (Å²) in [5, 5.41) is 8.99. The lowest BCUT2D eigenvalue weighted by atomic mass is 9.85. The summed E-state index contributed by atoms with van der Waals surface area (Å²) in [5.74, 6) is -1.40. The number of carboxylic acid groups (broad SMARTS) is 1. The fourth-order valence-corrected chi connectivity index (χ4v) is 1.17. The van der Waals surface area contributed by atoms with Crippen molar-refractivity contribution in [1.29, 1.82) is 0 Å². The van der Waals surface area contributed by atoms with Crippen molar-refractivity contribution in [3.8, 4) is 5.75 Å². The summed E-state index contributed by atoms with van der Waals surface area (Å²) in [6, 6.07) is 4.06. The van der Waals surface area contributed by atoms with E-state index < -0.39 is 17.2 Å². The quantitative estimate of drug-likeness (QED) is 0.835. The second kappa shape index (κ2) is 3.88. The van der Waals surface area contributed by atoms with Crippen molar-refractivity contribution < 1.29 is 19.0 Å². The lowest BCUT2D eigenvalue weighted by Gasteiger charge is -2.20. The maximum absolute atomic E-state index is 13.1. The molecule has 1 aromatic carbocycles. The fraction of sp³-hybridized carbons (Fsp3) is 0.364. The molecule has 1 aromatic rings. The van der Waals surface area contributed by atoms with Crippen LogP contribution in [0.15, 0.2) is 18.2 Å². The molecule has 0 saturated heterocycles. The molecule has 0 aliphatic carbocycles. The highest BCUT2D eigenvalue weighted by atomic mass is 19.1. The van der Waals surface area contributed by atoms with Crippen molar-refractivity contribution in [3.05, 3.63) is 29.6 Å². The summed E-state index contributed by atoms with van der Waals surface area (Å²) >= 11 is 0. The van der Waals surface area contributed by atoms with E-state index >= 15 is 0 Å². The molecule has 0 spiro atoms. The predicted octanol–water partition coefficient (Wildman–Crippen LogP) is 2.20. The number of benzene rings is 1. The molecule has 0 radical (unpaired) electrons. The Balaban J connectivity index is 3.22. The Morgan fingerprint density at radius 1 is 1.47 bits per heavy atom. The molecule has 4 heteroatoms. The van der Waals surface area contributed by atoms with Gasteiger partial charge in [-0.1, -0.05) is 6.07 Å². The summed E-state index contributed by atoms with van der Waals surface area (Å²) in [6.07, 6.45) is 0. The minimum atomic E-state index is -1.05. The van der Waals surface area contributed by atoms with E-state index in [-0.39, 0.29) is 5.75 Å².